The molecule has 1 fully saturated rings. The van der Waals surface area contributed by atoms with Crippen LogP contribution < -0.4 is 10.6 Å². The molecular formula is C23H21ClIN7O3. The van der Waals surface area contributed by atoms with Crippen LogP contribution in [0.1, 0.15) is 18.2 Å². The Balaban J connectivity index is 1.55. The topological polar surface area (TPSA) is 127 Å². The van der Waals surface area contributed by atoms with E-state index in [1.165, 1.54) is 13.2 Å². The molecule has 1 aromatic carbocycles. The Morgan fingerprint density at radius 1 is 1.31 bits per heavy atom. The van der Waals surface area contributed by atoms with Crippen LogP contribution in [-0.4, -0.2) is 54.8 Å². The Hall–Kier alpha value is -2.87. The molecule has 0 radical (unpaired) electrons. The van der Waals surface area contributed by atoms with Gasteiger partial charge in [-0.15, -0.1) is 0 Å². The summed E-state index contributed by atoms with van der Waals surface area (Å²) in [5.74, 6) is 0.550. The quantitative estimate of drug-likeness (QED) is 0.286. The van der Waals surface area contributed by atoms with E-state index >= 15 is 0 Å². The molecule has 5 rings (SSSR count). The van der Waals surface area contributed by atoms with Crippen LogP contribution in [0, 0.1) is 3.57 Å². The average molecular weight is 606 g/mol. The fourth-order valence-electron chi connectivity index (χ4n) is 3.95. The fourth-order valence-corrected chi connectivity index (χ4v) is 4.73. The maximum atomic E-state index is 12.1. The van der Waals surface area contributed by atoms with Gasteiger partial charge in [-0.3, -0.25) is 14.3 Å². The van der Waals surface area contributed by atoms with Gasteiger partial charge in [0.1, 0.15) is 6.23 Å². The lowest BCUT2D eigenvalue weighted by atomic mass is 10.1. The number of rotatable bonds is 6. The van der Waals surface area contributed by atoms with E-state index in [0.29, 0.717) is 39.9 Å². The smallest absolute Gasteiger partial charge is 0.251 e. The van der Waals surface area contributed by atoms with Crippen molar-refractivity contribution in [2.24, 2.45) is 0 Å². The number of likely N-dealkylation sites (N-methyl/N-ethyl adjacent to an activating group) is 1. The molecule has 0 aliphatic carbocycles. The molecule has 180 valence electrons. The zero-order chi connectivity index (χ0) is 24.5. The van der Waals surface area contributed by atoms with Crippen molar-refractivity contribution in [3.8, 4) is 11.4 Å². The first kappa shape index (κ1) is 23.9. The second-order valence-electron chi connectivity index (χ2n) is 8.02. The van der Waals surface area contributed by atoms with Gasteiger partial charge in [0.15, 0.2) is 28.9 Å². The van der Waals surface area contributed by atoms with Crippen LogP contribution in [0.15, 0.2) is 49.1 Å². The molecule has 3 atom stereocenters. The van der Waals surface area contributed by atoms with Gasteiger partial charge in [0.05, 0.1) is 17.5 Å². The summed E-state index contributed by atoms with van der Waals surface area (Å²) in [6.45, 7) is 0.528. The van der Waals surface area contributed by atoms with Crippen molar-refractivity contribution in [1.82, 2.24) is 29.8 Å². The van der Waals surface area contributed by atoms with E-state index in [9.17, 15) is 9.90 Å². The van der Waals surface area contributed by atoms with Gasteiger partial charge in [-0.25, -0.2) is 15.0 Å². The van der Waals surface area contributed by atoms with Crippen molar-refractivity contribution in [1.29, 1.82) is 0 Å². The fraction of sp³-hybridized carbons (Fsp3) is 0.261. The molecule has 0 unspecified atom stereocenters. The van der Waals surface area contributed by atoms with E-state index in [1.54, 1.807) is 23.2 Å². The largest absolute Gasteiger partial charge is 0.390 e. The predicted octanol–water partition coefficient (Wildman–Crippen LogP) is 3.15. The predicted molar refractivity (Wildman–Crippen MR) is 139 cm³/mol. The third-order valence-corrected chi connectivity index (χ3v) is 6.52. The third kappa shape index (κ3) is 4.94. The third-order valence-electron chi connectivity index (χ3n) is 5.64. The summed E-state index contributed by atoms with van der Waals surface area (Å²) in [7, 11) is 1.50. The number of anilines is 1. The summed E-state index contributed by atoms with van der Waals surface area (Å²) in [4.78, 5) is 30.2. The van der Waals surface area contributed by atoms with Crippen LogP contribution in [-0.2, 0) is 16.1 Å². The average Bonchev–Trinajstić information content (AvgIpc) is 3.45. The van der Waals surface area contributed by atoms with Crippen LogP contribution in [0.5, 0.6) is 0 Å². The number of imidazole rings is 1. The van der Waals surface area contributed by atoms with Crippen molar-refractivity contribution >= 4 is 57.1 Å². The highest BCUT2D eigenvalue weighted by Crippen LogP contribution is 2.33. The molecule has 1 aliphatic rings. The highest BCUT2D eigenvalue weighted by molar-refractivity contribution is 14.1. The molecule has 0 saturated carbocycles. The number of amides is 1. The molecule has 10 nitrogen and oxygen atoms in total. The van der Waals surface area contributed by atoms with E-state index in [-0.39, 0.29) is 12.3 Å². The Kier molecular flexibility index (Phi) is 6.82. The second-order valence-corrected chi connectivity index (χ2v) is 9.71. The number of carbonyl (C=O) groups is 1. The number of aliphatic hydroxyl groups is 1. The first-order valence-electron chi connectivity index (χ1n) is 10.8. The van der Waals surface area contributed by atoms with Crippen molar-refractivity contribution in [2.75, 3.05) is 12.4 Å². The van der Waals surface area contributed by atoms with Gasteiger partial charge in [0.2, 0.25) is 0 Å². The number of fused-ring (bicyclic) bond motifs is 1. The summed E-state index contributed by atoms with van der Waals surface area (Å²) >= 11 is 8.43. The molecule has 0 spiro atoms. The minimum absolute atomic E-state index is 0.215. The molecule has 1 aliphatic heterocycles. The molecule has 12 heteroatoms. The van der Waals surface area contributed by atoms with E-state index in [0.717, 1.165) is 9.13 Å². The number of nitrogens with zero attached hydrogens (tertiary/aromatic N) is 5. The lowest BCUT2D eigenvalue weighted by molar-refractivity contribution is -0.137. The van der Waals surface area contributed by atoms with Crippen molar-refractivity contribution < 1.29 is 14.6 Å². The number of hydrogen-bond acceptors (Lipinski definition) is 8. The number of pyridine rings is 1. The maximum Gasteiger partial charge on any atom is 0.251 e. The number of aliphatic hydroxyl groups excluding tert-OH is 1. The van der Waals surface area contributed by atoms with Gasteiger partial charge in [-0.2, -0.15) is 0 Å². The number of hydrogen-bond donors (Lipinski definition) is 3. The number of carbonyl (C=O) groups excluding carboxylic acids is 1. The van der Waals surface area contributed by atoms with Gasteiger partial charge in [-0.05, 0) is 46.4 Å². The zero-order valence-corrected chi connectivity index (χ0v) is 21.4. The van der Waals surface area contributed by atoms with Crippen LogP contribution in [0.4, 0.5) is 5.82 Å². The molecule has 35 heavy (non-hydrogen) atoms. The highest BCUT2D eigenvalue weighted by atomic mass is 127. The zero-order valence-electron chi connectivity index (χ0n) is 18.5. The first-order valence-corrected chi connectivity index (χ1v) is 12.3. The van der Waals surface area contributed by atoms with Gasteiger partial charge in [0, 0.05) is 41.5 Å². The van der Waals surface area contributed by atoms with E-state index in [2.05, 4.69) is 49.3 Å². The van der Waals surface area contributed by atoms with Crippen LogP contribution in [0.25, 0.3) is 22.6 Å². The molecule has 1 saturated heterocycles. The summed E-state index contributed by atoms with van der Waals surface area (Å²) in [6.07, 6.45) is 2.42. The number of benzene rings is 1. The van der Waals surface area contributed by atoms with Gasteiger partial charge in [-0.1, -0.05) is 23.7 Å². The number of nitrogens with one attached hydrogen (secondary N) is 2. The van der Waals surface area contributed by atoms with Gasteiger partial charge in [0.25, 0.3) is 5.91 Å². The first-order chi connectivity index (χ1) is 16.9. The van der Waals surface area contributed by atoms with Gasteiger partial charge >= 0.3 is 0 Å². The van der Waals surface area contributed by atoms with Crippen molar-refractivity contribution in [3.63, 3.8) is 0 Å². The van der Waals surface area contributed by atoms with Crippen molar-refractivity contribution in [2.45, 2.75) is 31.4 Å². The summed E-state index contributed by atoms with van der Waals surface area (Å²) in [5.41, 5.74) is 2.76. The minimum Gasteiger partial charge on any atom is -0.390 e. The van der Waals surface area contributed by atoms with Crippen LogP contribution in [0.3, 0.4) is 0 Å². The molecule has 3 N–H and O–H groups in total. The van der Waals surface area contributed by atoms with Crippen molar-refractivity contribution in [3.05, 3.63) is 63.2 Å². The molecule has 4 aromatic rings. The SMILES string of the molecule is CNC(=O)[C@H]1O[C@@H](n2cnc3c(NCc4cccc(I)c4)nc(-c4cncc(Cl)c4)nc32)C[C@@H]1O. The summed E-state index contributed by atoms with van der Waals surface area (Å²) < 4.78 is 8.71. The highest BCUT2D eigenvalue weighted by Gasteiger charge is 2.40. The molecular weight excluding hydrogens is 585 g/mol. The number of halogens is 2. The molecule has 1 amide bonds. The van der Waals surface area contributed by atoms with Crippen LogP contribution in [0.2, 0.25) is 5.02 Å². The molecule has 3 aromatic heterocycles. The molecule has 4 heterocycles. The maximum absolute atomic E-state index is 12.1. The normalized spacial score (nSPS) is 19.7. The monoisotopic (exact) mass is 605 g/mol. The summed E-state index contributed by atoms with van der Waals surface area (Å²) in [5, 5.41) is 16.7. The van der Waals surface area contributed by atoms with E-state index < -0.39 is 18.4 Å². The number of aromatic nitrogens is 5. The minimum atomic E-state index is -0.973. The Morgan fingerprint density at radius 3 is 2.94 bits per heavy atom. The van der Waals surface area contributed by atoms with E-state index in [1.807, 2.05) is 18.2 Å². The lowest BCUT2D eigenvalue weighted by Crippen LogP contribution is -2.38. The van der Waals surface area contributed by atoms with E-state index in [4.69, 9.17) is 26.3 Å². The lowest BCUT2D eigenvalue weighted by Gasteiger charge is -2.15. The number of ether oxygens (including phenoxy) is 1. The van der Waals surface area contributed by atoms with Gasteiger partial charge < -0.3 is 20.5 Å². The summed E-state index contributed by atoms with van der Waals surface area (Å²) in [6, 6.07) is 9.87. The standard InChI is InChI=1S/C23H21ClIN7O3/c1-26-23(34)19-16(33)7-17(35-19)32-11-29-18-21(28-8-12-3-2-4-15(25)5-12)30-20(31-22(18)32)13-6-14(24)10-27-9-13/h2-6,9-11,16-17,19,33H,7-8H2,1H3,(H,26,34)(H,28,30,31)/t16-,17+,19-/m0/s1. The second kappa shape index (κ2) is 10.0. The van der Waals surface area contributed by atoms with Crippen LogP contribution >= 0.6 is 34.2 Å². The Bertz CT molecular complexity index is 1400. The Morgan fingerprint density at radius 2 is 2.17 bits per heavy atom. The molecule has 0 bridgehead atoms. The Labute approximate surface area is 219 Å².